The molecule has 0 radical (unpaired) electrons. The highest BCUT2D eigenvalue weighted by Crippen LogP contribution is 2.43. The largest absolute Gasteiger partial charge is 0.472 e. The second-order valence-electron chi connectivity index (χ2n) is 25.6. The first-order chi connectivity index (χ1) is 40.0. The summed E-state index contributed by atoms with van der Waals surface area (Å²) in [5, 5.41) is 14.0. The summed E-state index contributed by atoms with van der Waals surface area (Å²) in [6.45, 7) is 4.82. The van der Waals surface area contributed by atoms with Gasteiger partial charge in [0.1, 0.15) is 13.2 Å². The molecule has 0 aromatic heterocycles. The van der Waals surface area contributed by atoms with Gasteiger partial charge in [-0.2, -0.15) is 0 Å². The lowest BCUT2D eigenvalue weighted by Crippen LogP contribution is -2.45. The molecule has 8 nitrogen and oxygen atoms in total. The Bertz CT molecular complexity index is 1520. The number of hydrogen-bond donors (Lipinski definition) is 3. The predicted octanol–water partition coefficient (Wildman–Crippen LogP) is 22.8. The molecule has 0 aromatic rings. The highest BCUT2D eigenvalue weighted by Gasteiger charge is 2.28. The number of phosphoric acid groups is 1. The van der Waals surface area contributed by atoms with Crippen LogP contribution in [0.4, 0.5) is 0 Å². The first kappa shape index (κ1) is 80.2. The van der Waals surface area contributed by atoms with Gasteiger partial charge in [-0.05, 0) is 70.6 Å². The number of phosphoric ester groups is 1. The summed E-state index contributed by atoms with van der Waals surface area (Å²) < 4.78 is 23.8. The number of nitrogens with zero attached hydrogens (tertiary/aromatic N) is 1. The molecule has 82 heavy (non-hydrogen) atoms. The van der Waals surface area contributed by atoms with Gasteiger partial charge >= 0.3 is 7.82 Å². The monoisotopic (exact) mass is 1170 g/mol. The minimum Gasteiger partial charge on any atom is -0.387 e. The number of amides is 1. The van der Waals surface area contributed by atoms with Crippen LogP contribution < -0.4 is 5.32 Å². The van der Waals surface area contributed by atoms with E-state index in [1.807, 2.05) is 27.2 Å². The summed E-state index contributed by atoms with van der Waals surface area (Å²) >= 11 is 0. The van der Waals surface area contributed by atoms with Crippen molar-refractivity contribution in [3.63, 3.8) is 0 Å². The smallest absolute Gasteiger partial charge is 0.387 e. The Balaban J connectivity index is 3.93. The molecule has 482 valence electrons. The summed E-state index contributed by atoms with van der Waals surface area (Å²) in [6, 6.07) is -0.864. The van der Waals surface area contributed by atoms with Crippen molar-refractivity contribution < 1.29 is 32.9 Å². The maximum atomic E-state index is 13.0. The van der Waals surface area contributed by atoms with Gasteiger partial charge in [0.25, 0.3) is 0 Å². The first-order valence-electron chi connectivity index (χ1n) is 35.7. The molecular formula is C73H140N2O6P+. The Kier molecular flexibility index (Phi) is 62.3. The van der Waals surface area contributed by atoms with Crippen LogP contribution in [-0.2, 0) is 18.4 Å². The predicted molar refractivity (Wildman–Crippen MR) is 360 cm³/mol. The van der Waals surface area contributed by atoms with Gasteiger partial charge in [-0.1, -0.05) is 331 Å². The van der Waals surface area contributed by atoms with Crippen LogP contribution in [0.3, 0.4) is 0 Å². The third-order valence-corrected chi connectivity index (χ3v) is 17.2. The summed E-state index contributed by atoms with van der Waals surface area (Å²) in [5.74, 6) is -0.181. The van der Waals surface area contributed by atoms with Crippen molar-refractivity contribution in [3.8, 4) is 0 Å². The minimum absolute atomic E-state index is 0.0571. The van der Waals surface area contributed by atoms with E-state index in [-0.39, 0.29) is 19.1 Å². The molecule has 0 aliphatic heterocycles. The topological polar surface area (TPSA) is 105 Å². The molecule has 0 fully saturated rings. The van der Waals surface area contributed by atoms with Crippen molar-refractivity contribution in [2.24, 2.45) is 0 Å². The van der Waals surface area contributed by atoms with E-state index in [9.17, 15) is 19.4 Å². The van der Waals surface area contributed by atoms with Gasteiger partial charge in [0.05, 0.1) is 39.9 Å². The lowest BCUT2D eigenvalue weighted by atomic mass is 10.0. The lowest BCUT2D eigenvalue weighted by molar-refractivity contribution is -0.870. The number of aliphatic hydroxyl groups excluding tert-OH is 1. The molecule has 3 unspecified atom stereocenters. The lowest BCUT2D eigenvalue weighted by Gasteiger charge is -2.25. The van der Waals surface area contributed by atoms with Crippen LogP contribution >= 0.6 is 7.82 Å². The van der Waals surface area contributed by atoms with Crippen LogP contribution in [0.2, 0.25) is 0 Å². The van der Waals surface area contributed by atoms with Crippen molar-refractivity contribution in [2.75, 3.05) is 40.9 Å². The molecule has 9 heteroatoms. The molecule has 0 aliphatic rings. The van der Waals surface area contributed by atoms with Gasteiger partial charge in [-0.3, -0.25) is 13.8 Å². The fraction of sp³-hybridized carbons (Fsp3) is 0.849. The Morgan fingerprint density at radius 1 is 0.415 bits per heavy atom. The Hall–Kier alpha value is -1.80. The van der Waals surface area contributed by atoms with E-state index in [1.165, 1.54) is 276 Å². The third-order valence-electron chi connectivity index (χ3n) is 16.2. The zero-order valence-corrected chi connectivity index (χ0v) is 56.1. The number of rotatable bonds is 66. The van der Waals surface area contributed by atoms with Gasteiger partial charge in [0.2, 0.25) is 5.91 Å². The molecule has 0 spiro atoms. The van der Waals surface area contributed by atoms with E-state index in [2.05, 4.69) is 67.8 Å². The van der Waals surface area contributed by atoms with Gasteiger partial charge in [-0.25, -0.2) is 4.57 Å². The molecule has 0 saturated heterocycles. The van der Waals surface area contributed by atoms with E-state index in [0.29, 0.717) is 17.4 Å². The Morgan fingerprint density at radius 3 is 1.06 bits per heavy atom. The highest BCUT2D eigenvalue weighted by atomic mass is 31.2. The van der Waals surface area contributed by atoms with Crippen molar-refractivity contribution in [1.29, 1.82) is 0 Å². The molecule has 0 aromatic carbocycles. The van der Waals surface area contributed by atoms with Crippen LogP contribution in [0, 0.1) is 0 Å². The van der Waals surface area contributed by atoms with E-state index in [1.54, 1.807) is 6.08 Å². The quantitative estimate of drug-likeness (QED) is 0.0243. The summed E-state index contributed by atoms with van der Waals surface area (Å²) in [4.78, 5) is 23.4. The maximum Gasteiger partial charge on any atom is 0.472 e. The normalized spacial score (nSPS) is 14.0. The van der Waals surface area contributed by atoms with Crippen LogP contribution in [0.1, 0.15) is 348 Å². The van der Waals surface area contributed by atoms with Gasteiger partial charge in [-0.15, -0.1) is 0 Å². The zero-order valence-electron chi connectivity index (χ0n) is 55.2. The molecule has 3 N–H and O–H groups in total. The maximum absolute atomic E-state index is 13.0. The van der Waals surface area contributed by atoms with Gasteiger partial charge < -0.3 is 19.8 Å². The van der Waals surface area contributed by atoms with Gasteiger partial charge in [0.15, 0.2) is 0 Å². The summed E-state index contributed by atoms with van der Waals surface area (Å²) in [5.41, 5.74) is 0. The molecule has 0 bridgehead atoms. The van der Waals surface area contributed by atoms with Crippen LogP contribution in [0.25, 0.3) is 0 Å². The van der Waals surface area contributed by atoms with Crippen molar-refractivity contribution in [2.45, 2.75) is 360 Å². The standard InChI is InChI=1S/C73H139N2O6P/c1-6-8-10-12-14-16-18-20-22-24-26-27-28-29-30-31-32-33-34-35-36-37-38-39-40-41-42-43-44-45-46-47-49-51-53-55-57-59-61-63-65-67-73(77)74-71(70-81-82(78,79)80-69-68-75(3,4)5)72(76)66-64-62-60-58-56-54-52-50-48-25-23-21-19-17-15-13-11-9-7-2/h18,20,24,26,28-29,56,58,64,66,71-72,76H,6-17,19,21-23,25,27,30-55,57,59-63,65,67-70H2,1-5H3,(H-,74,77,78,79)/p+1/b20-18-,26-24-,29-28-,58-56+,66-64+. The summed E-state index contributed by atoms with van der Waals surface area (Å²) in [6.07, 6.45) is 88.2. The average Bonchev–Trinajstić information content (AvgIpc) is 3.47. The van der Waals surface area contributed by atoms with Crippen molar-refractivity contribution >= 4 is 13.7 Å². The van der Waals surface area contributed by atoms with E-state index in [4.69, 9.17) is 9.05 Å². The van der Waals surface area contributed by atoms with Crippen LogP contribution in [-0.4, -0.2) is 73.4 Å². The number of quaternary nitrogens is 1. The number of allylic oxidation sites excluding steroid dienone is 9. The molecule has 1 amide bonds. The SMILES string of the molecule is CCCCCCC/C=C\C/C=C\C/C=C\CCCCCCCCCCCCCCCCCCCCCCCCCCCCC(=O)NC(COP(=O)(O)OCC[N+](C)(C)C)C(O)/C=C/CC/C=C/CCCCCCCCCCCCCCC. The second-order valence-corrected chi connectivity index (χ2v) is 27.1. The number of nitrogens with one attached hydrogen (secondary N) is 1. The molecule has 0 aliphatic carbocycles. The molecule has 3 atom stereocenters. The second kappa shape index (κ2) is 63.7. The fourth-order valence-electron chi connectivity index (χ4n) is 10.7. The number of carbonyl (C=O) groups is 1. The molecule has 0 saturated carbocycles. The molecule has 0 heterocycles. The van der Waals surface area contributed by atoms with Crippen LogP contribution in [0.15, 0.2) is 60.8 Å². The average molecular weight is 1170 g/mol. The third kappa shape index (κ3) is 65.7. The van der Waals surface area contributed by atoms with Crippen molar-refractivity contribution in [3.05, 3.63) is 60.8 Å². The first-order valence-corrected chi connectivity index (χ1v) is 37.2. The van der Waals surface area contributed by atoms with E-state index in [0.717, 1.165) is 51.4 Å². The fourth-order valence-corrected chi connectivity index (χ4v) is 11.4. The number of likely N-dealkylation sites (N-methyl/N-ethyl adjacent to an activating group) is 1. The van der Waals surface area contributed by atoms with Crippen LogP contribution in [0.5, 0.6) is 0 Å². The van der Waals surface area contributed by atoms with Crippen molar-refractivity contribution in [1.82, 2.24) is 5.32 Å². The number of carbonyl (C=O) groups excluding carboxylic acids is 1. The Labute approximate surface area is 511 Å². The molecule has 0 rings (SSSR count). The number of unbranched alkanes of at least 4 members (excludes halogenated alkanes) is 45. The van der Waals surface area contributed by atoms with E-state index < -0.39 is 20.0 Å². The number of hydrogen-bond acceptors (Lipinski definition) is 5. The Morgan fingerprint density at radius 2 is 0.707 bits per heavy atom. The zero-order chi connectivity index (χ0) is 59.8. The van der Waals surface area contributed by atoms with E-state index >= 15 is 0 Å². The summed E-state index contributed by atoms with van der Waals surface area (Å²) in [7, 11) is 1.57. The van der Waals surface area contributed by atoms with Gasteiger partial charge in [0, 0.05) is 6.42 Å². The minimum atomic E-state index is -4.36. The highest BCUT2D eigenvalue weighted by molar-refractivity contribution is 7.47. The number of aliphatic hydroxyl groups is 1. The molecular weight excluding hydrogens is 1030 g/mol.